The molecule has 0 aliphatic rings. The second kappa shape index (κ2) is 17.5. The Labute approximate surface area is 233 Å². The summed E-state index contributed by atoms with van der Waals surface area (Å²) in [6.07, 6.45) is 8.95. The van der Waals surface area contributed by atoms with Crippen LogP contribution in [0.1, 0.15) is 134 Å². The van der Waals surface area contributed by atoms with E-state index in [0.717, 1.165) is 77.8 Å². The molecule has 37 heavy (non-hydrogen) atoms. The van der Waals surface area contributed by atoms with E-state index in [1.54, 1.807) is 0 Å². The van der Waals surface area contributed by atoms with E-state index in [1.807, 2.05) is 0 Å². The van der Waals surface area contributed by atoms with E-state index in [4.69, 9.17) is 18.9 Å². The molecule has 0 aliphatic carbocycles. The lowest BCUT2D eigenvalue weighted by Gasteiger charge is -2.33. The van der Waals surface area contributed by atoms with E-state index in [9.17, 15) is 0 Å². The average Bonchev–Trinajstić information content (AvgIpc) is 2.69. The van der Waals surface area contributed by atoms with E-state index in [0.29, 0.717) is 48.1 Å². The van der Waals surface area contributed by atoms with Crippen molar-refractivity contribution in [2.75, 3.05) is 52.9 Å². The van der Waals surface area contributed by atoms with Crippen molar-refractivity contribution < 1.29 is 18.9 Å². The molecule has 0 amide bonds. The lowest BCUT2D eigenvalue weighted by Crippen LogP contribution is -2.42. The molecule has 4 heteroatoms. The van der Waals surface area contributed by atoms with Crippen molar-refractivity contribution >= 4 is 0 Å². The van der Waals surface area contributed by atoms with Gasteiger partial charge in [-0.25, -0.2) is 0 Å². The first-order chi connectivity index (χ1) is 16.8. The second-order valence-corrected chi connectivity index (χ2v) is 16.4. The number of rotatable bonds is 20. The Morgan fingerprint density at radius 3 is 0.676 bits per heavy atom. The lowest BCUT2D eigenvalue weighted by atomic mass is 9.90. The van der Waals surface area contributed by atoms with Gasteiger partial charge in [0.25, 0.3) is 0 Å². The van der Waals surface area contributed by atoms with Gasteiger partial charge in [0, 0.05) is 26.4 Å². The molecule has 224 valence electrons. The highest BCUT2D eigenvalue weighted by molar-refractivity contribution is 4.80. The molecule has 0 bridgehead atoms. The zero-order valence-corrected chi connectivity index (χ0v) is 27.4. The van der Waals surface area contributed by atoms with Crippen molar-refractivity contribution in [2.24, 2.45) is 27.1 Å². The minimum atomic E-state index is -0.271. The molecular weight excluding hydrogens is 460 g/mol. The van der Waals surface area contributed by atoms with Crippen LogP contribution in [0.25, 0.3) is 0 Å². The van der Waals surface area contributed by atoms with Gasteiger partial charge in [0.15, 0.2) is 0 Å². The van der Waals surface area contributed by atoms with Gasteiger partial charge in [-0.05, 0) is 73.0 Å². The Kier molecular flexibility index (Phi) is 17.4. The van der Waals surface area contributed by atoms with Crippen molar-refractivity contribution in [3.63, 3.8) is 0 Å². The molecule has 0 aromatic heterocycles. The Hall–Kier alpha value is -0.160. The molecule has 0 aliphatic heterocycles. The molecule has 0 fully saturated rings. The molecule has 0 saturated carbocycles. The van der Waals surface area contributed by atoms with Gasteiger partial charge in [0.2, 0.25) is 0 Å². The van der Waals surface area contributed by atoms with Gasteiger partial charge in [-0.15, -0.1) is 0 Å². The summed E-state index contributed by atoms with van der Waals surface area (Å²) in [5.74, 6) is 0. The highest BCUT2D eigenvalue weighted by atomic mass is 16.5. The van der Waals surface area contributed by atoms with Crippen LogP contribution in [0.15, 0.2) is 0 Å². The summed E-state index contributed by atoms with van der Waals surface area (Å²) < 4.78 is 25.2. The highest BCUT2D eigenvalue weighted by Crippen LogP contribution is 2.26. The predicted molar refractivity (Wildman–Crippen MR) is 160 cm³/mol. The molecule has 0 saturated heterocycles. The number of hydrogen-bond acceptors (Lipinski definition) is 4. The van der Waals surface area contributed by atoms with E-state index in [-0.39, 0.29) is 5.41 Å². The standard InChI is InChI=1S/C33H68O4/c1-29(2,3)17-13-21-34-25-33(26-35-22-14-18-30(4,5)6,27-36-23-15-19-31(7,8)9)28-37-24-16-20-32(10,11)12/h13-28H2,1-12H3. The fraction of sp³-hybridized carbons (Fsp3) is 1.00. The summed E-state index contributed by atoms with van der Waals surface area (Å²) in [4.78, 5) is 0. The van der Waals surface area contributed by atoms with Gasteiger partial charge in [0.1, 0.15) is 0 Å². The summed E-state index contributed by atoms with van der Waals surface area (Å²) >= 11 is 0. The molecule has 0 atom stereocenters. The normalized spacial score (nSPS) is 13.9. The fourth-order valence-corrected chi connectivity index (χ4v) is 4.22. The van der Waals surface area contributed by atoms with Gasteiger partial charge >= 0.3 is 0 Å². The first kappa shape index (κ1) is 36.8. The minimum absolute atomic E-state index is 0.271. The molecule has 0 unspecified atom stereocenters. The molecule has 4 nitrogen and oxygen atoms in total. The van der Waals surface area contributed by atoms with Crippen molar-refractivity contribution in [3.8, 4) is 0 Å². The van der Waals surface area contributed by atoms with Crippen LogP contribution in [-0.2, 0) is 18.9 Å². The van der Waals surface area contributed by atoms with Crippen LogP contribution in [0.4, 0.5) is 0 Å². The molecule has 0 aromatic carbocycles. The summed E-state index contributed by atoms with van der Waals surface area (Å²) in [5, 5.41) is 0. The van der Waals surface area contributed by atoms with Crippen molar-refractivity contribution in [1.29, 1.82) is 0 Å². The Morgan fingerprint density at radius 2 is 0.514 bits per heavy atom. The third kappa shape index (κ3) is 25.9. The average molecular weight is 529 g/mol. The summed E-state index contributed by atoms with van der Waals surface area (Å²) in [7, 11) is 0. The van der Waals surface area contributed by atoms with Crippen LogP contribution in [0.5, 0.6) is 0 Å². The van der Waals surface area contributed by atoms with Gasteiger partial charge in [-0.3, -0.25) is 0 Å². The van der Waals surface area contributed by atoms with Crippen molar-refractivity contribution in [3.05, 3.63) is 0 Å². The lowest BCUT2D eigenvalue weighted by molar-refractivity contribution is -0.109. The van der Waals surface area contributed by atoms with Crippen molar-refractivity contribution in [2.45, 2.75) is 134 Å². The third-order valence-corrected chi connectivity index (χ3v) is 6.49. The molecule has 0 aromatic rings. The predicted octanol–water partition coefficient (Wildman–Crippen LogP) is 9.34. The second-order valence-electron chi connectivity index (χ2n) is 16.4. The van der Waals surface area contributed by atoms with E-state index < -0.39 is 0 Å². The van der Waals surface area contributed by atoms with Gasteiger partial charge in [-0.2, -0.15) is 0 Å². The van der Waals surface area contributed by atoms with E-state index >= 15 is 0 Å². The maximum atomic E-state index is 6.29. The monoisotopic (exact) mass is 529 g/mol. The SMILES string of the molecule is CC(C)(C)CCCOCC(COCCCC(C)(C)C)(COCCCC(C)(C)C)COCCCC(C)(C)C. The first-order valence-electron chi connectivity index (χ1n) is 15.1. The van der Waals surface area contributed by atoms with E-state index in [2.05, 4.69) is 83.1 Å². The molecule has 0 radical (unpaired) electrons. The van der Waals surface area contributed by atoms with Crippen LogP contribution in [0, 0.1) is 27.1 Å². The third-order valence-electron chi connectivity index (χ3n) is 6.49. The Bertz CT molecular complexity index is 441. The molecular formula is C33H68O4. The van der Waals surface area contributed by atoms with Crippen LogP contribution >= 0.6 is 0 Å². The van der Waals surface area contributed by atoms with E-state index in [1.165, 1.54) is 0 Å². The van der Waals surface area contributed by atoms with Crippen LogP contribution in [0.3, 0.4) is 0 Å². The van der Waals surface area contributed by atoms with Crippen LogP contribution < -0.4 is 0 Å². The summed E-state index contributed by atoms with van der Waals surface area (Å²) in [6, 6.07) is 0. The molecule has 0 rings (SSSR count). The summed E-state index contributed by atoms with van der Waals surface area (Å²) in [6.45, 7) is 33.1. The maximum absolute atomic E-state index is 6.29. The number of hydrogen-bond donors (Lipinski definition) is 0. The first-order valence-corrected chi connectivity index (χ1v) is 15.1. The highest BCUT2D eigenvalue weighted by Gasteiger charge is 2.33. The van der Waals surface area contributed by atoms with Crippen molar-refractivity contribution in [1.82, 2.24) is 0 Å². The van der Waals surface area contributed by atoms with Crippen LogP contribution in [-0.4, -0.2) is 52.9 Å². The summed E-state index contributed by atoms with van der Waals surface area (Å²) in [5.41, 5.74) is 1.07. The van der Waals surface area contributed by atoms with Gasteiger partial charge < -0.3 is 18.9 Å². The van der Waals surface area contributed by atoms with Crippen LogP contribution in [0.2, 0.25) is 0 Å². The topological polar surface area (TPSA) is 36.9 Å². The molecule has 0 spiro atoms. The van der Waals surface area contributed by atoms with Gasteiger partial charge in [0.05, 0.1) is 31.8 Å². The Morgan fingerprint density at radius 1 is 0.324 bits per heavy atom. The van der Waals surface area contributed by atoms with Gasteiger partial charge in [-0.1, -0.05) is 83.1 Å². The minimum Gasteiger partial charge on any atom is -0.381 e. The Balaban J connectivity index is 5.12. The quantitative estimate of drug-likeness (QED) is 0.147. The molecule has 0 N–H and O–H groups in total. The largest absolute Gasteiger partial charge is 0.381 e. The maximum Gasteiger partial charge on any atom is 0.0637 e. The smallest absolute Gasteiger partial charge is 0.0637 e. The zero-order chi connectivity index (χ0) is 28.6. The zero-order valence-electron chi connectivity index (χ0n) is 27.4. The fourth-order valence-electron chi connectivity index (χ4n) is 4.22. The number of ether oxygens (including phenoxy) is 4. The molecule has 0 heterocycles.